The van der Waals surface area contributed by atoms with Crippen LogP contribution in [-0.4, -0.2) is 5.91 Å². The molecular formula is C13H7Cl2F2NO. The van der Waals surface area contributed by atoms with Gasteiger partial charge in [-0.05, 0) is 36.4 Å². The Balaban J connectivity index is 2.25. The first-order valence-electron chi connectivity index (χ1n) is 5.19. The van der Waals surface area contributed by atoms with Crippen molar-refractivity contribution in [3.63, 3.8) is 0 Å². The first-order chi connectivity index (χ1) is 8.97. The number of hydrogen-bond donors (Lipinski definition) is 1. The highest BCUT2D eigenvalue weighted by Gasteiger charge is 2.13. The first-order valence-corrected chi connectivity index (χ1v) is 5.94. The van der Waals surface area contributed by atoms with Crippen LogP contribution >= 0.6 is 23.2 Å². The minimum atomic E-state index is -0.721. The van der Waals surface area contributed by atoms with E-state index in [0.29, 0.717) is 0 Å². The molecule has 6 heteroatoms. The van der Waals surface area contributed by atoms with E-state index >= 15 is 0 Å². The lowest BCUT2D eigenvalue weighted by atomic mass is 10.2. The van der Waals surface area contributed by atoms with E-state index in [2.05, 4.69) is 5.32 Å². The number of amides is 1. The Labute approximate surface area is 118 Å². The zero-order valence-electron chi connectivity index (χ0n) is 9.38. The summed E-state index contributed by atoms with van der Waals surface area (Å²) in [5.74, 6) is -2.11. The van der Waals surface area contributed by atoms with Gasteiger partial charge in [0, 0.05) is 10.7 Å². The molecule has 0 unspecified atom stereocenters. The summed E-state index contributed by atoms with van der Waals surface area (Å²) in [6, 6.07) is 7.35. The van der Waals surface area contributed by atoms with Gasteiger partial charge in [-0.25, -0.2) is 8.78 Å². The number of benzene rings is 2. The van der Waals surface area contributed by atoms with E-state index < -0.39 is 17.5 Å². The van der Waals surface area contributed by atoms with Crippen LogP contribution in [0.2, 0.25) is 10.0 Å². The molecular weight excluding hydrogens is 295 g/mol. The molecule has 0 radical (unpaired) electrons. The van der Waals surface area contributed by atoms with E-state index in [0.717, 1.165) is 12.1 Å². The van der Waals surface area contributed by atoms with Crippen LogP contribution in [-0.2, 0) is 0 Å². The van der Waals surface area contributed by atoms with E-state index in [1.165, 1.54) is 24.3 Å². The highest BCUT2D eigenvalue weighted by Crippen LogP contribution is 2.20. The molecule has 0 aliphatic rings. The van der Waals surface area contributed by atoms with Crippen molar-refractivity contribution in [2.75, 3.05) is 5.32 Å². The molecule has 0 heterocycles. The van der Waals surface area contributed by atoms with Crippen LogP contribution in [0.3, 0.4) is 0 Å². The number of carbonyl (C=O) groups is 1. The minimum absolute atomic E-state index is 0.0630. The Hall–Kier alpha value is -1.65. The second-order valence-electron chi connectivity index (χ2n) is 3.71. The molecule has 1 amide bonds. The molecule has 0 aliphatic carbocycles. The fourth-order valence-electron chi connectivity index (χ4n) is 1.44. The molecule has 0 aliphatic heterocycles. The summed E-state index contributed by atoms with van der Waals surface area (Å²) >= 11 is 11.2. The topological polar surface area (TPSA) is 29.1 Å². The van der Waals surface area contributed by atoms with Crippen molar-refractivity contribution in [3.05, 3.63) is 63.6 Å². The van der Waals surface area contributed by atoms with Gasteiger partial charge in [0.15, 0.2) is 0 Å². The number of hydrogen-bond acceptors (Lipinski definition) is 1. The molecule has 0 spiro atoms. The standard InChI is InChI=1S/C13H7Cl2F2NO/c14-7-1-4-11(16)9(5-7)13(19)18-8-2-3-10(15)12(17)6-8/h1-6H,(H,18,19). The van der Waals surface area contributed by atoms with Gasteiger partial charge in [-0.2, -0.15) is 0 Å². The Kier molecular flexibility index (Phi) is 4.02. The molecule has 0 bridgehead atoms. The number of halogens is 4. The predicted octanol–water partition coefficient (Wildman–Crippen LogP) is 4.52. The Morgan fingerprint density at radius 2 is 1.74 bits per heavy atom. The Bertz CT molecular complexity index is 647. The Morgan fingerprint density at radius 3 is 2.42 bits per heavy atom. The maximum absolute atomic E-state index is 13.5. The average molecular weight is 302 g/mol. The maximum Gasteiger partial charge on any atom is 0.258 e. The lowest BCUT2D eigenvalue weighted by Crippen LogP contribution is -2.13. The van der Waals surface area contributed by atoms with E-state index in [1.54, 1.807) is 0 Å². The van der Waals surface area contributed by atoms with E-state index in [1.807, 2.05) is 0 Å². The van der Waals surface area contributed by atoms with Crippen LogP contribution in [0.1, 0.15) is 10.4 Å². The lowest BCUT2D eigenvalue weighted by Gasteiger charge is -2.07. The molecule has 0 fully saturated rings. The van der Waals surface area contributed by atoms with Crippen LogP contribution in [0.25, 0.3) is 0 Å². The van der Waals surface area contributed by atoms with Crippen molar-refractivity contribution >= 4 is 34.8 Å². The quantitative estimate of drug-likeness (QED) is 0.868. The van der Waals surface area contributed by atoms with Crippen molar-refractivity contribution in [3.8, 4) is 0 Å². The van der Waals surface area contributed by atoms with Crippen LogP contribution in [0.4, 0.5) is 14.5 Å². The monoisotopic (exact) mass is 301 g/mol. The fraction of sp³-hybridized carbons (Fsp3) is 0. The summed E-state index contributed by atoms with van der Waals surface area (Å²) in [4.78, 5) is 11.8. The first kappa shape index (κ1) is 13.8. The third kappa shape index (κ3) is 3.22. The summed E-state index contributed by atoms with van der Waals surface area (Å²) in [5, 5.41) is 2.53. The van der Waals surface area contributed by atoms with Gasteiger partial charge in [0.25, 0.3) is 5.91 Å². The molecule has 0 atom stereocenters. The average Bonchev–Trinajstić information content (AvgIpc) is 2.36. The fourth-order valence-corrected chi connectivity index (χ4v) is 1.73. The summed E-state index contributed by atoms with van der Waals surface area (Å²) < 4.78 is 26.6. The van der Waals surface area contributed by atoms with E-state index in [4.69, 9.17) is 23.2 Å². The summed E-state index contributed by atoms with van der Waals surface area (Å²) in [5.41, 5.74) is -0.0471. The molecule has 2 aromatic carbocycles. The third-order valence-corrected chi connectivity index (χ3v) is 2.89. The zero-order valence-corrected chi connectivity index (χ0v) is 10.9. The SMILES string of the molecule is O=C(Nc1ccc(Cl)c(F)c1)c1cc(Cl)ccc1F. The van der Waals surface area contributed by atoms with Crippen molar-refractivity contribution in [1.82, 2.24) is 0 Å². The summed E-state index contributed by atoms with van der Waals surface area (Å²) in [6.45, 7) is 0. The van der Waals surface area contributed by atoms with Crippen LogP contribution in [0.5, 0.6) is 0 Å². The normalized spacial score (nSPS) is 10.3. The molecule has 98 valence electrons. The highest BCUT2D eigenvalue weighted by molar-refractivity contribution is 6.31. The highest BCUT2D eigenvalue weighted by atomic mass is 35.5. The number of nitrogens with one attached hydrogen (secondary N) is 1. The molecule has 2 rings (SSSR count). The van der Waals surface area contributed by atoms with Gasteiger partial charge >= 0.3 is 0 Å². The van der Waals surface area contributed by atoms with Gasteiger partial charge in [-0.3, -0.25) is 4.79 Å². The summed E-state index contributed by atoms with van der Waals surface area (Å²) in [7, 11) is 0. The second kappa shape index (κ2) is 5.55. The molecule has 1 N–H and O–H groups in total. The number of rotatable bonds is 2. The Morgan fingerprint density at radius 1 is 1.00 bits per heavy atom. The second-order valence-corrected chi connectivity index (χ2v) is 4.55. The third-order valence-electron chi connectivity index (χ3n) is 2.35. The van der Waals surface area contributed by atoms with Gasteiger partial charge in [0.1, 0.15) is 11.6 Å². The molecule has 2 aromatic rings. The molecule has 0 saturated heterocycles. The summed E-state index contributed by atoms with van der Waals surface area (Å²) in [6.07, 6.45) is 0. The van der Waals surface area contributed by atoms with Gasteiger partial charge in [0.05, 0.1) is 10.6 Å². The van der Waals surface area contributed by atoms with Crippen LogP contribution in [0, 0.1) is 11.6 Å². The number of carbonyl (C=O) groups excluding carboxylic acids is 1. The van der Waals surface area contributed by atoms with Gasteiger partial charge in [-0.15, -0.1) is 0 Å². The lowest BCUT2D eigenvalue weighted by molar-refractivity contribution is 0.102. The van der Waals surface area contributed by atoms with Crippen molar-refractivity contribution in [2.45, 2.75) is 0 Å². The van der Waals surface area contributed by atoms with Gasteiger partial charge in [-0.1, -0.05) is 23.2 Å². The zero-order chi connectivity index (χ0) is 14.0. The van der Waals surface area contributed by atoms with Gasteiger partial charge < -0.3 is 5.32 Å². The predicted molar refractivity (Wildman–Crippen MR) is 70.8 cm³/mol. The van der Waals surface area contributed by atoms with Crippen molar-refractivity contribution < 1.29 is 13.6 Å². The molecule has 19 heavy (non-hydrogen) atoms. The van der Waals surface area contributed by atoms with Gasteiger partial charge in [0.2, 0.25) is 0 Å². The smallest absolute Gasteiger partial charge is 0.258 e. The van der Waals surface area contributed by atoms with E-state index in [-0.39, 0.29) is 21.3 Å². The van der Waals surface area contributed by atoms with Crippen LogP contribution < -0.4 is 5.32 Å². The molecule has 0 aromatic heterocycles. The molecule has 2 nitrogen and oxygen atoms in total. The van der Waals surface area contributed by atoms with Crippen LogP contribution in [0.15, 0.2) is 36.4 Å². The minimum Gasteiger partial charge on any atom is -0.322 e. The molecule has 0 saturated carbocycles. The maximum atomic E-state index is 13.5. The largest absolute Gasteiger partial charge is 0.322 e. The van der Waals surface area contributed by atoms with E-state index in [9.17, 15) is 13.6 Å². The number of anilines is 1. The van der Waals surface area contributed by atoms with Crippen molar-refractivity contribution in [1.29, 1.82) is 0 Å². The van der Waals surface area contributed by atoms with Crippen molar-refractivity contribution in [2.24, 2.45) is 0 Å².